The minimum atomic E-state index is -1.73. The van der Waals surface area contributed by atoms with Crippen LogP contribution in [0.3, 0.4) is 0 Å². The normalized spacial score (nSPS) is 25.2. The minimum absolute atomic E-state index is 0.0453. The van der Waals surface area contributed by atoms with Gasteiger partial charge in [-0.05, 0) is 17.7 Å². The van der Waals surface area contributed by atoms with Gasteiger partial charge in [-0.1, -0.05) is 41.9 Å². The molecule has 4 N–H and O–H groups in total. The molecule has 8 heteroatoms. The van der Waals surface area contributed by atoms with Gasteiger partial charge in [-0.3, -0.25) is 9.79 Å². The van der Waals surface area contributed by atoms with E-state index in [1.165, 1.54) is 13.3 Å². The quantitative estimate of drug-likeness (QED) is 0.763. The average Bonchev–Trinajstić information content (AvgIpc) is 3.15. The first-order valence-electron chi connectivity index (χ1n) is 9.42. The summed E-state index contributed by atoms with van der Waals surface area (Å²) in [5.74, 6) is -0.268. The molecule has 0 saturated carbocycles. The number of halogens is 2. The van der Waals surface area contributed by atoms with E-state index >= 15 is 4.39 Å². The lowest BCUT2D eigenvalue weighted by Crippen LogP contribution is -2.39. The van der Waals surface area contributed by atoms with Crippen LogP contribution in [0, 0.1) is 0 Å². The van der Waals surface area contributed by atoms with Crippen LogP contribution in [0.4, 0.5) is 4.39 Å². The number of alkyl halides is 1. The number of methoxy groups -OCH3 is 1. The van der Waals surface area contributed by atoms with Crippen molar-refractivity contribution in [2.45, 2.75) is 24.4 Å². The summed E-state index contributed by atoms with van der Waals surface area (Å²) in [5, 5.41) is 0.278. The predicted octanol–water partition coefficient (Wildman–Crippen LogP) is 2.76. The molecule has 2 heterocycles. The summed E-state index contributed by atoms with van der Waals surface area (Å²) in [6, 6.07) is 12.9. The number of fused-ring (bicyclic) bond motifs is 1. The van der Waals surface area contributed by atoms with Gasteiger partial charge in [0.05, 0.1) is 5.57 Å². The third-order valence-electron chi connectivity index (χ3n) is 5.56. The summed E-state index contributed by atoms with van der Waals surface area (Å²) >= 11 is 6.52. The second kappa shape index (κ2) is 7.83. The first-order chi connectivity index (χ1) is 14.4. The second-order valence-corrected chi connectivity index (χ2v) is 7.65. The molecule has 1 amide bonds. The number of nitrogens with zero attached hydrogens (tertiary/aromatic N) is 1. The highest BCUT2D eigenvalue weighted by Crippen LogP contribution is 2.48. The van der Waals surface area contributed by atoms with Gasteiger partial charge in [-0.15, -0.1) is 0 Å². The second-order valence-electron chi connectivity index (χ2n) is 7.24. The fourth-order valence-electron chi connectivity index (χ4n) is 4.06. The zero-order chi connectivity index (χ0) is 21.5. The molecule has 0 saturated heterocycles. The van der Waals surface area contributed by atoms with Crippen LogP contribution in [0.2, 0.25) is 5.02 Å². The summed E-state index contributed by atoms with van der Waals surface area (Å²) in [5.41, 5.74) is 12.8. The number of hydrogen-bond acceptors (Lipinski definition) is 5. The molecule has 0 fully saturated rings. The molecule has 2 aliphatic heterocycles. The van der Waals surface area contributed by atoms with Gasteiger partial charge in [0.2, 0.25) is 0 Å². The van der Waals surface area contributed by atoms with Crippen molar-refractivity contribution in [3.05, 3.63) is 69.8 Å². The molecule has 0 bridgehead atoms. The van der Waals surface area contributed by atoms with E-state index in [4.69, 9.17) is 32.5 Å². The third-order valence-corrected chi connectivity index (χ3v) is 5.87. The monoisotopic (exact) mass is 429 g/mol. The largest absolute Gasteiger partial charge is 0.481 e. The Kier molecular flexibility index (Phi) is 5.36. The van der Waals surface area contributed by atoms with E-state index < -0.39 is 23.9 Å². The fraction of sp³-hybridized carbons (Fsp3) is 0.273. The number of rotatable bonds is 5. The molecule has 3 atom stereocenters. The smallest absolute Gasteiger partial charge is 0.250 e. The molecule has 30 heavy (non-hydrogen) atoms. The lowest BCUT2D eigenvalue weighted by atomic mass is 9.84. The van der Waals surface area contributed by atoms with Crippen LogP contribution in [-0.2, 0) is 21.6 Å². The minimum Gasteiger partial charge on any atom is -0.481 e. The number of ether oxygens (including phenoxy) is 2. The molecule has 0 radical (unpaired) electrons. The zero-order valence-corrected chi connectivity index (χ0v) is 17.0. The van der Waals surface area contributed by atoms with Crippen LogP contribution in [0.25, 0.3) is 5.57 Å². The van der Waals surface area contributed by atoms with E-state index in [9.17, 15) is 4.79 Å². The topological polar surface area (TPSA) is 99.9 Å². The Bertz CT molecular complexity index is 1060. The van der Waals surface area contributed by atoms with E-state index in [2.05, 4.69) is 4.99 Å². The molecule has 2 aliphatic rings. The first kappa shape index (κ1) is 20.5. The van der Waals surface area contributed by atoms with Gasteiger partial charge in [0.1, 0.15) is 5.75 Å². The number of carbonyl (C=O) groups excluding carboxylic acids is 1. The van der Waals surface area contributed by atoms with Gasteiger partial charge in [-0.2, -0.15) is 0 Å². The number of dihydropyridines is 1. The fourth-order valence-corrected chi connectivity index (χ4v) is 4.34. The Balaban J connectivity index is 1.91. The number of aliphatic imine (C=N–C) groups is 1. The molecule has 2 aromatic carbocycles. The number of primary amides is 1. The van der Waals surface area contributed by atoms with Gasteiger partial charge in [0, 0.05) is 48.0 Å². The van der Waals surface area contributed by atoms with Crippen molar-refractivity contribution in [1.82, 2.24) is 0 Å². The van der Waals surface area contributed by atoms with Crippen molar-refractivity contribution in [3.63, 3.8) is 0 Å². The molecule has 6 nitrogen and oxygen atoms in total. The van der Waals surface area contributed by atoms with Crippen molar-refractivity contribution in [2.75, 3.05) is 13.7 Å². The van der Waals surface area contributed by atoms with Gasteiger partial charge in [0.25, 0.3) is 5.91 Å². The summed E-state index contributed by atoms with van der Waals surface area (Å²) in [7, 11) is 1.34. The van der Waals surface area contributed by atoms with E-state index in [1.807, 2.05) is 30.3 Å². The molecule has 156 valence electrons. The van der Waals surface area contributed by atoms with Crippen molar-refractivity contribution >= 4 is 29.3 Å². The number of carbonyl (C=O) groups is 1. The number of nitrogens with two attached hydrogens (primary N) is 2. The summed E-state index contributed by atoms with van der Waals surface area (Å²) < 4.78 is 26.8. The van der Waals surface area contributed by atoms with E-state index in [-0.39, 0.29) is 22.7 Å². The van der Waals surface area contributed by atoms with E-state index in [0.717, 1.165) is 5.56 Å². The SMILES string of the molecule is COC1N=CC(C(N)=O)=C(c2c(Cl)ccc3c2C[C@@](CN)(c2ccccc2)O3)C1F. The van der Waals surface area contributed by atoms with Gasteiger partial charge >= 0.3 is 0 Å². The summed E-state index contributed by atoms with van der Waals surface area (Å²) in [4.78, 5) is 16.0. The average molecular weight is 430 g/mol. The Labute approximate surface area is 178 Å². The standard InChI is InChI=1S/C22H21ClFN3O3/c1-29-21-19(24)18(14(10-27-21)20(26)28)17-13-9-22(11-25,12-5-3-2-4-6-12)30-16(13)8-7-15(17)23/h2-8,10,19,21H,9,11,25H2,1H3,(H2,26,28)/t19?,21?,22-/m1/s1. The number of hydrogen-bond donors (Lipinski definition) is 2. The summed E-state index contributed by atoms with van der Waals surface area (Å²) in [6.07, 6.45) is -1.24. The molecule has 2 aromatic rings. The van der Waals surface area contributed by atoms with E-state index in [1.54, 1.807) is 12.1 Å². The number of amides is 1. The molecule has 2 unspecified atom stereocenters. The molecule has 0 aromatic heterocycles. The van der Waals surface area contributed by atoms with Crippen molar-refractivity contribution < 1.29 is 18.7 Å². The van der Waals surface area contributed by atoms with Crippen LogP contribution in [-0.4, -0.2) is 38.2 Å². The highest BCUT2D eigenvalue weighted by atomic mass is 35.5. The van der Waals surface area contributed by atoms with Gasteiger partial charge in [-0.25, -0.2) is 4.39 Å². The van der Waals surface area contributed by atoms with Crippen LogP contribution < -0.4 is 16.2 Å². The lowest BCUT2D eigenvalue weighted by Gasteiger charge is -2.28. The molecule has 4 rings (SSSR count). The maximum atomic E-state index is 15.4. The third kappa shape index (κ3) is 3.19. The maximum absolute atomic E-state index is 15.4. The van der Waals surface area contributed by atoms with Crippen molar-refractivity contribution in [3.8, 4) is 5.75 Å². The molecular formula is C22H21ClFN3O3. The Morgan fingerprint density at radius 1 is 1.33 bits per heavy atom. The first-order valence-corrected chi connectivity index (χ1v) is 9.80. The van der Waals surface area contributed by atoms with Crippen LogP contribution >= 0.6 is 11.6 Å². The molecule has 0 aliphatic carbocycles. The van der Waals surface area contributed by atoms with Crippen LogP contribution in [0.15, 0.2) is 53.0 Å². The highest BCUT2D eigenvalue weighted by Gasteiger charge is 2.44. The Hall–Kier alpha value is -2.74. The predicted molar refractivity (Wildman–Crippen MR) is 113 cm³/mol. The summed E-state index contributed by atoms with van der Waals surface area (Å²) in [6.45, 7) is 0.200. The molecular weight excluding hydrogens is 409 g/mol. The Morgan fingerprint density at radius 2 is 2.07 bits per heavy atom. The lowest BCUT2D eigenvalue weighted by molar-refractivity contribution is -0.114. The van der Waals surface area contributed by atoms with Crippen molar-refractivity contribution in [1.29, 1.82) is 0 Å². The van der Waals surface area contributed by atoms with Crippen LogP contribution in [0.1, 0.15) is 16.7 Å². The van der Waals surface area contributed by atoms with Gasteiger partial charge < -0.3 is 20.9 Å². The van der Waals surface area contributed by atoms with Crippen molar-refractivity contribution in [2.24, 2.45) is 16.5 Å². The van der Waals surface area contributed by atoms with Crippen LogP contribution in [0.5, 0.6) is 5.75 Å². The van der Waals surface area contributed by atoms with Gasteiger partial charge in [0.15, 0.2) is 18.0 Å². The molecule has 0 spiro atoms. The zero-order valence-electron chi connectivity index (χ0n) is 16.3. The maximum Gasteiger partial charge on any atom is 0.250 e. The highest BCUT2D eigenvalue weighted by molar-refractivity contribution is 6.33. The van der Waals surface area contributed by atoms with E-state index in [0.29, 0.717) is 23.3 Å². The number of benzene rings is 2. The Morgan fingerprint density at radius 3 is 2.70 bits per heavy atom.